The summed E-state index contributed by atoms with van der Waals surface area (Å²) in [6, 6.07) is 3.69. The lowest BCUT2D eigenvalue weighted by Crippen LogP contribution is -2.29. The topological polar surface area (TPSA) is 26.3 Å². The molecule has 0 spiro atoms. The Bertz CT molecular complexity index is 696. The van der Waals surface area contributed by atoms with E-state index < -0.39 is 10.8 Å². The van der Waals surface area contributed by atoms with E-state index in [1.165, 1.54) is 0 Å². The van der Waals surface area contributed by atoms with E-state index in [0.717, 1.165) is 26.5 Å². The van der Waals surface area contributed by atoms with Crippen LogP contribution in [0.1, 0.15) is 12.5 Å². The van der Waals surface area contributed by atoms with Crippen LogP contribution in [0.3, 0.4) is 0 Å². The van der Waals surface area contributed by atoms with E-state index in [1.807, 2.05) is 31.2 Å². The van der Waals surface area contributed by atoms with Crippen molar-refractivity contribution in [3.63, 3.8) is 0 Å². The molecule has 0 saturated carbocycles. The molecule has 0 aliphatic heterocycles. The first-order chi connectivity index (χ1) is 9.47. The molecular formula is C17H20O2S. The normalized spacial score (nSPS) is 13.9. The van der Waals surface area contributed by atoms with E-state index in [9.17, 15) is 4.21 Å². The quantitative estimate of drug-likeness (QED) is 0.614. The van der Waals surface area contributed by atoms with Gasteiger partial charge in [0.2, 0.25) is 0 Å². The molecule has 0 amide bonds. The second-order valence-electron chi connectivity index (χ2n) is 4.20. The van der Waals surface area contributed by atoms with Gasteiger partial charge in [-0.25, -0.2) is 0 Å². The van der Waals surface area contributed by atoms with Crippen LogP contribution in [-0.4, -0.2) is 17.6 Å². The van der Waals surface area contributed by atoms with Crippen molar-refractivity contribution in [3.05, 3.63) is 59.2 Å². The van der Waals surface area contributed by atoms with E-state index in [0.29, 0.717) is 5.76 Å². The van der Waals surface area contributed by atoms with E-state index in [1.54, 1.807) is 19.4 Å². The molecule has 2 nitrogen and oxygen atoms in total. The number of hydrogen-bond acceptors (Lipinski definition) is 2. The van der Waals surface area contributed by atoms with Crippen LogP contribution in [0.5, 0.6) is 0 Å². The van der Waals surface area contributed by atoms with Crippen molar-refractivity contribution in [1.82, 2.24) is 0 Å². The Morgan fingerprint density at radius 1 is 1.40 bits per heavy atom. The minimum Gasteiger partial charge on any atom is -0.497 e. The highest BCUT2D eigenvalue weighted by molar-refractivity contribution is 7.84. The van der Waals surface area contributed by atoms with Crippen LogP contribution >= 0.6 is 0 Å². The molecule has 0 fully saturated rings. The van der Waals surface area contributed by atoms with Gasteiger partial charge in [-0.15, -0.1) is 0 Å². The molecule has 0 aromatic heterocycles. The van der Waals surface area contributed by atoms with Crippen molar-refractivity contribution >= 4 is 29.0 Å². The fourth-order valence-electron chi connectivity index (χ4n) is 2.02. The highest BCUT2D eigenvalue weighted by Gasteiger charge is 2.15. The first kappa shape index (κ1) is 16.2. The Kier molecular flexibility index (Phi) is 5.71. The molecule has 20 heavy (non-hydrogen) atoms. The molecule has 0 heterocycles. The fourth-order valence-corrected chi connectivity index (χ4v) is 2.79. The van der Waals surface area contributed by atoms with Gasteiger partial charge in [-0.05, 0) is 23.4 Å². The van der Waals surface area contributed by atoms with Crippen molar-refractivity contribution in [2.45, 2.75) is 11.8 Å². The first-order valence-corrected chi connectivity index (χ1v) is 7.71. The maximum absolute atomic E-state index is 12.0. The predicted molar refractivity (Wildman–Crippen MR) is 88.0 cm³/mol. The Labute approximate surface area is 122 Å². The van der Waals surface area contributed by atoms with E-state index >= 15 is 0 Å². The monoisotopic (exact) mass is 288 g/mol. The van der Waals surface area contributed by atoms with Crippen LogP contribution in [0.15, 0.2) is 48.1 Å². The molecular weight excluding hydrogens is 268 g/mol. The second kappa shape index (κ2) is 7.06. The minimum absolute atomic E-state index is 0.531. The summed E-state index contributed by atoms with van der Waals surface area (Å²) in [6.07, 6.45) is 7.11. The summed E-state index contributed by atoms with van der Waals surface area (Å²) in [5, 5.41) is 1.73. The smallest absolute Gasteiger partial charge is 0.119 e. The number of benzene rings is 1. The summed E-state index contributed by atoms with van der Waals surface area (Å²) in [5.74, 6) is 0.531. The van der Waals surface area contributed by atoms with Gasteiger partial charge < -0.3 is 4.74 Å². The number of hydrogen-bond donors (Lipinski definition) is 0. The molecule has 1 unspecified atom stereocenters. The van der Waals surface area contributed by atoms with Crippen molar-refractivity contribution < 1.29 is 8.95 Å². The lowest BCUT2D eigenvalue weighted by Gasteiger charge is -2.14. The van der Waals surface area contributed by atoms with Crippen molar-refractivity contribution in [1.29, 1.82) is 0 Å². The SMILES string of the molecule is C=C/C=c1/c(/C(=C/C)C(=C)OC)c(S(C)=O)ccc1=C. The average molecular weight is 288 g/mol. The zero-order chi connectivity index (χ0) is 15.3. The zero-order valence-electron chi connectivity index (χ0n) is 12.2. The zero-order valence-corrected chi connectivity index (χ0v) is 13.0. The largest absolute Gasteiger partial charge is 0.497 e. The number of ether oxygens (including phenoxy) is 1. The molecule has 106 valence electrons. The van der Waals surface area contributed by atoms with Crippen LogP contribution in [0.2, 0.25) is 0 Å². The molecule has 3 heteroatoms. The van der Waals surface area contributed by atoms with Gasteiger partial charge in [0.05, 0.1) is 17.9 Å². The third-order valence-corrected chi connectivity index (χ3v) is 3.96. The lowest BCUT2D eigenvalue weighted by molar-refractivity contribution is 0.312. The Morgan fingerprint density at radius 2 is 2.05 bits per heavy atom. The number of methoxy groups -OCH3 is 1. The summed E-state index contributed by atoms with van der Waals surface area (Å²) in [4.78, 5) is 0.733. The highest BCUT2D eigenvalue weighted by Crippen LogP contribution is 2.24. The summed E-state index contributed by atoms with van der Waals surface area (Å²) in [5.41, 5.74) is 1.66. The molecule has 1 atom stereocenters. The van der Waals surface area contributed by atoms with Gasteiger partial charge in [0.15, 0.2) is 0 Å². The van der Waals surface area contributed by atoms with Crippen LogP contribution in [0.4, 0.5) is 0 Å². The molecule has 0 bridgehead atoms. The first-order valence-electron chi connectivity index (χ1n) is 6.16. The summed E-state index contributed by atoms with van der Waals surface area (Å²) in [7, 11) is 0.446. The fraction of sp³-hybridized carbons (Fsp3) is 0.176. The van der Waals surface area contributed by atoms with Crippen LogP contribution in [0, 0.1) is 0 Å². The van der Waals surface area contributed by atoms with Gasteiger partial charge in [-0.2, -0.15) is 0 Å². The van der Waals surface area contributed by atoms with Crippen LogP contribution in [-0.2, 0) is 15.5 Å². The standard InChI is InChI=1S/C17H20O2S/c1-7-9-15-12(3)10-11-16(20(6)18)17(15)14(8-2)13(4)19-5/h7-11H,1,3-4H2,2,5-6H3/b14-8+,15-9+. The van der Waals surface area contributed by atoms with Gasteiger partial charge in [-0.1, -0.05) is 44.0 Å². The van der Waals surface area contributed by atoms with Gasteiger partial charge in [0.1, 0.15) is 5.76 Å². The maximum Gasteiger partial charge on any atom is 0.119 e. The number of rotatable bonds is 5. The number of allylic oxidation sites excluding steroid dienone is 3. The van der Waals surface area contributed by atoms with Gasteiger partial charge >= 0.3 is 0 Å². The summed E-state index contributed by atoms with van der Waals surface area (Å²) in [6.45, 7) is 13.6. The molecule has 0 N–H and O–H groups in total. The van der Waals surface area contributed by atoms with E-state index in [2.05, 4.69) is 19.7 Å². The van der Waals surface area contributed by atoms with Crippen LogP contribution in [0.25, 0.3) is 18.2 Å². The van der Waals surface area contributed by atoms with Gasteiger partial charge in [0, 0.05) is 22.3 Å². The molecule has 0 saturated heterocycles. The van der Waals surface area contributed by atoms with E-state index in [4.69, 9.17) is 4.74 Å². The Balaban J connectivity index is 3.90. The molecule has 0 aliphatic carbocycles. The minimum atomic E-state index is -1.12. The van der Waals surface area contributed by atoms with Crippen molar-refractivity contribution in [2.24, 2.45) is 0 Å². The van der Waals surface area contributed by atoms with Crippen LogP contribution < -0.4 is 10.4 Å². The Morgan fingerprint density at radius 3 is 2.50 bits per heavy atom. The lowest BCUT2D eigenvalue weighted by atomic mass is 10.00. The third-order valence-electron chi connectivity index (χ3n) is 3.00. The molecule has 0 radical (unpaired) electrons. The van der Waals surface area contributed by atoms with Crippen molar-refractivity contribution in [2.75, 3.05) is 13.4 Å². The molecule has 1 rings (SSSR count). The van der Waals surface area contributed by atoms with Gasteiger partial charge in [0.25, 0.3) is 0 Å². The molecule has 1 aromatic carbocycles. The van der Waals surface area contributed by atoms with E-state index in [-0.39, 0.29) is 0 Å². The molecule has 1 aromatic rings. The van der Waals surface area contributed by atoms with Crippen molar-refractivity contribution in [3.8, 4) is 0 Å². The summed E-state index contributed by atoms with van der Waals surface area (Å²) < 4.78 is 17.3. The average Bonchev–Trinajstić information content (AvgIpc) is 2.42. The molecule has 0 aliphatic rings. The third kappa shape index (κ3) is 3.17. The highest BCUT2D eigenvalue weighted by atomic mass is 32.2. The summed E-state index contributed by atoms with van der Waals surface area (Å²) >= 11 is 0. The van der Waals surface area contributed by atoms with Gasteiger partial charge in [-0.3, -0.25) is 4.21 Å². The maximum atomic E-state index is 12.0. The second-order valence-corrected chi connectivity index (χ2v) is 5.55. The Hall–Kier alpha value is -1.87. The predicted octanol–water partition coefficient (Wildman–Crippen LogP) is 2.36.